The van der Waals surface area contributed by atoms with Crippen molar-refractivity contribution in [3.05, 3.63) is 48.0 Å². The van der Waals surface area contributed by atoms with Crippen molar-refractivity contribution in [3.63, 3.8) is 0 Å². The quantitative estimate of drug-likeness (QED) is 0.717. The Morgan fingerprint density at radius 1 is 1.07 bits per heavy atom. The predicted octanol–water partition coefficient (Wildman–Crippen LogP) is 2.75. The highest BCUT2D eigenvalue weighted by molar-refractivity contribution is 6.09. The van der Waals surface area contributed by atoms with Gasteiger partial charge in [-0.1, -0.05) is 12.1 Å². The molecule has 0 aromatic heterocycles. The Labute approximate surface area is 164 Å². The number of ether oxygens (including phenoxy) is 3. The number of anilines is 1. The van der Waals surface area contributed by atoms with Crippen molar-refractivity contribution in [2.45, 2.75) is 20.3 Å². The lowest BCUT2D eigenvalue weighted by Gasteiger charge is -2.23. The molecule has 0 bridgehead atoms. The van der Waals surface area contributed by atoms with Gasteiger partial charge in [-0.25, -0.2) is 0 Å². The first kappa shape index (κ1) is 19.5. The number of hydrogen-bond donors (Lipinski definition) is 2. The summed E-state index contributed by atoms with van der Waals surface area (Å²) in [7, 11) is 1.61. The molecule has 2 N–H and O–H groups in total. The number of amides is 2. The molecule has 0 aliphatic carbocycles. The van der Waals surface area contributed by atoms with Crippen LogP contribution in [0.4, 0.5) is 5.69 Å². The highest BCUT2D eigenvalue weighted by Crippen LogP contribution is 2.34. The molecular formula is C21H24N2O5. The molecule has 7 nitrogen and oxygen atoms in total. The van der Waals surface area contributed by atoms with Crippen molar-refractivity contribution in [3.8, 4) is 17.2 Å². The number of nitrogens with one attached hydrogen (secondary N) is 2. The normalized spacial score (nSPS) is 12.4. The van der Waals surface area contributed by atoms with Crippen LogP contribution in [0.2, 0.25) is 0 Å². The van der Waals surface area contributed by atoms with Crippen molar-refractivity contribution < 1.29 is 23.8 Å². The number of rotatable bonds is 7. The van der Waals surface area contributed by atoms with Crippen LogP contribution in [0.1, 0.15) is 19.4 Å². The van der Waals surface area contributed by atoms with Crippen LogP contribution in [-0.4, -0.2) is 32.3 Å². The van der Waals surface area contributed by atoms with Gasteiger partial charge in [-0.05, 0) is 50.1 Å². The van der Waals surface area contributed by atoms with Crippen LogP contribution in [0, 0.1) is 5.41 Å². The van der Waals surface area contributed by atoms with E-state index in [2.05, 4.69) is 10.6 Å². The van der Waals surface area contributed by atoms with E-state index >= 15 is 0 Å². The monoisotopic (exact) mass is 384 g/mol. The summed E-state index contributed by atoms with van der Waals surface area (Å²) in [6.07, 6.45) is 0.642. The number of hydrogen-bond acceptors (Lipinski definition) is 5. The Balaban J connectivity index is 1.54. The molecule has 0 saturated carbocycles. The number of carbonyl (C=O) groups excluding carboxylic acids is 2. The summed E-state index contributed by atoms with van der Waals surface area (Å²) >= 11 is 0. The molecule has 1 aliphatic heterocycles. The van der Waals surface area contributed by atoms with Crippen LogP contribution in [-0.2, 0) is 16.0 Å². The Morgan fingerprint density at radius 2 is 1.86 bits per heavy atom. The number of benzene rings is 2. The van der Waals surface area contributed by atoms with Gasteiger partial charge in [0.2, 0.25) is 18.6 Å². The first-order valence-electron chi connectivity index (χ1n) is 9.02. The molecule has 0 saturated heterocycles. The van der Waals surface area contributed by atoms with Crippen molar-refractivity contribution >= 4 is 17.5 Å². The van der Waals surface area contributed by atoms with Gasteiger partial charge in [-0.3, -0.25) is 9.59 Å². The van der Waals surface area contributed by atoms with E-state index in [0.29, 0.717) is 30.2 Å². The second kappa shape index (κ2) is 8.21. The molecule has 1 heterocycles. The Kier molecular flexibility index (Phi) is 5.73. The van der Waals surface area contributed by atoms with Gasteiger partial charge in [0.25, 0.3) is 0 Å². The number of methoxy groups -OCH3 is 1. The van der Waals surface area contributed by atoms with Crippen LogP contribution in [0.15, 0.2) is 42.5 Å². The average molecular weight is 384 g/mol. The van der Waals surface area contributed by atoms with Crippen molar-refractivity contribution in [2.75, 3.05) is 25.8 Å². The van der Waals surface area contributed by atoms with Gasteiger partial charge >= 0.3 is 0 Å². The van der Waals surface area contributed by atoms with E-state index in [-0.39, 0.29) is 12.7 Å². The minimum absolute atomic E-state index is 0.161. The Morgan fingerprint density at radius 3 is 2.64 bits per heavy atom. The fourth-order valence-electron chi connectivity index (χ4n) is 2.73. The van der Waals surface area contributed by atoms with E-state index in [1.54, 1.807) is 39.2 Å². The van der Waals surface area contributed by atoms with Gasteiger partial charge < -0.3 is 24.8 Å². The first-order valence-corrected chi connectivity index (χ1v) is 9.02. The summed E-state index contributed by atoms with van der Waals surface area (Å²) in [5.74, 6) is 1.23. The second-order valence-electron chi connectivity index (χ2n) is 7.00. The molecule has 0 unspecified atom stereocenters. The largest absolute Gasteiger partial charge is 0.497 e. The third kappa shape index (κ3) is 4.36. The first-order chi connectivity index (χ1) is 13.4. The van der Waals surface area contributed by atoms with Gasteiger partial charge in [0.1, 0.15) is 11.2 Å². The van der Waals surface area contributed by atoms with E-state index in [1.807, 2.05) is 24.3 Å². The molecule has 28 heavy (non-hydrogen) atoms. The molecule has 3 rings (SSSR count). The zero-order valence-corrected chi connectivity index (χ0v) is 16.2. The minimum Gasteiger partial charge on any atom is -0.497 e. The van der Waals surface area contributed by atoms with E-state index < -0.39 is 11.3 Å². The summed E-state index contributed by atoms with van der Waals surface area (Å²) in [4.78, 5) is 25.2. The molecule has 0 fully saturated rings. The van der Waals surface area contributed by atoms with Crippen molar-refractivity contribution in [1.29, 1.82) is 0 Å². The molecule has 1 aliphatic rings. The average Bonchev–Trinajstić information content (AvgIpc) is 3.15. The Bertz CT molecular complexity index is 879. The maximum absolute atomic E-state index is 12.6. The second-order valence-corrected chi connectivity index (χ2v) is 7.00. The number of fused-ring (bicyclic) bond motifs is 1. The Hall–Kier alpha value is -3.22. The summed E-state index contributed by atoms with van der Waals surface area (Å²) in [6.45, 7) is 3.77. The summed E-state index contributed by atoms with van der Waals surface area (Å²) in [5.41, 5.74) is 0.360. The van der Waals surface area contributed by atoms with Crippen LogP contribution < -0.4 is 24.8 Å². The van der Waals surface area contributed by atoms with E-state index in [4.69, 9.17) is 14.2 Å². The lowest BCUT2D eigenvalue weighted by atomic mass is 9.90. The lowest BCUT2D eigenvalue weighted by Crippen LogP contribution is -2.45. The zero-order valence-electron chi connectivity index (χ0n) is 16.2. The lowest BCUT2D eigenvalue weighted by molar-refractivity contribution is -0.138. The topological polar surface area (TPSA) is 85.9 Å². The van der Waals surface area contributed by atoms with E-state index in [0.717, 1.165) is 11.3 Å². The maximum atomic E-state index is 12.6. The molecule has 7 heteroatoms. The molecule has 148 valence electrons. The molecule has 2 aromatic rings. The SMILES string of the molecule is COc1cccc(CCNC(=O)C(C)(C)C(=O)Nc2ccc3c(c2)OCO3)c1. The highest BCUT2D eigenvalue weighted by Gasteiger charge is 2.36. The van der Waals surface area contributed by atoms with Gasteiger partial charge in [0, 0.05) is 18.3 Å². The fourth-order valence-corrected chi connectivity index (χ4v) is 2.73. The molecule has 0 radical (unpaired) electrons. The summed E-state index contributed by atoms with van der Waals surface area (Å²) < 4.78 is 15.8. The van der Waals surface area contributed by atoms with E-state index in [1.165, 1.54) is 0 Å². The summed E-state index contributed by atoms with van der Waals surface area (Å²) in [5, 5.41) is 5.60. The standard InChI is InChI=1S/C21H24N2O5/c1-21(2,19(24)22-10-9-14-5-4-6-16(11-14)26-3)20(25)23-15-7-8-17-18(12-15)28-13-27-17/h4-8,11-12H,9-10,13H2,1-3H3,(H,22,24)(H,23,25). The molecular weight excluding hydrogens is 360 g/mol. The minimum atomic E-state index is -1.23. The zero-order chi connectivity index (χ0) is 20.1. The maximum Gasteiger partial charge on any atom is 0.239 e. The van der Waals surface area contributed by atoms with Gasteiger partial charge in [-0.15, -0.1) is 0 Å². The van der Waals surface area contributed by atoms with Crippen LogP contribution >= 0.6 is 0 Å². The third-order valence-electron chi connectivity index (χ3n) is 4.60. The molecule has 2 amide bonds. The number of carbonyl (C=O) groups is 2. The summed E-state index contributed by atoms with van der Waals surface area (Å²) in [6, 6.07) is 12.8. The van der Waals surface area contributed by atoms with E-state index in [9.17, 15) is 9.59 Å². The van der Waals surface area contributed by atoms with Gasteiger partial charge in [0.05, 0.1) is 7.11 Å². The molecule has 2 aromatic carbocycles. The third-order valence-corrected chi connectivity index (χ3v) is 4.60. The molecule has 0 spiro atoms. The fraction of sp³-hybridized carbons (Fsp3) is 0.333. The smallest absolute Gasteiger partial charge is 0.239 e. The van der Waals surface area contributed by atoms with Crippen molar-refractivity contribution in [1.82, 2.24) is 5.32 Å². The van der Waals surface area contributed by atoms with Crippen LogP contribution in [0.25, 0.3) is 0 Å². The van der Waals surface area contributed by atoms with Crippen LogP contribution in [0.3, 0.4) is 0 Å². The molecule has 0 atom stereocenters. The van der Waals surface area contributed by atoms with Crippen LogP contribution in [0.5, 0.6) is 17.2 Å². The van der Waals surface area contributed by atoms with Gasteiger partial charge in [0.15, 0.2) is 11.5 Å². The van der Waals surface area contributed by atoms with Crippen molar-refractivity contribution in [2.24, 2.45) is 5.41 Å². The predicted molar refractivity (Wildman–Crippen MR) is 105 cm³/mol. The highest BCUT2D eigenvalue weighted by atomic mass is 16.7. The van der Waals surface area contributed by atoms with Gasteiger partial charge in [-0.2, -0.15) is 0 Å².